The zero-order valence-corrected chi connectivity index (χ0v) is 14.7. The SMILES string of the molecule is Cc1ccc(OCc2nc(C)c(C(=O)Nc3ccccc3F)s2)cc1. The first-order valence-electron chi connectivity index (χ1n) is 7.74. The van der Waals surface area contributed by atoms with Crippen LogP contribution in [-0.2, 0) is 6.61 Å². The average Bonchev–Trinajstić information content (AvgIpc) is 2.97. The first-order valence-corrected chi connectivity index (χ1v) is 8.56. The van der Waals surface area contributed by atoms with Gasteiger partial charge in [-0.3, -0.25) is 4.79 Å². The van der Waals surface area contributed by atoms with Gasteiger partial charge < -0.3 is 10.1 Å². The number of amides is 1. The molecule has 1 N–H and O–H groups in total. The van der Waals surface area contributed by atoms with Gasteiger partial charge in [-0.25, -0.2) is 9.37 Å². The molecule has 3 aromatic rings. The molecule has 0 fully saturated rings. The molecule has 0 radical (unpaired) electrons. The second-order valence-electron chi connectivity index (χ2n) is 5.56. The van der Waals surface area contributed by atoms with Gasteiger partial charge in [0.2, 0.25) is 0 Å². The number of thiazole rings is 1. The fourth-order valence-electron chi connectivity index (χ4n) is 2.25. The van der Waals surface area contributed by atoms with E-state index < -0.39 is 5.82 Å². The number of benzene rings is 2. The molecule has 0 spiro atoms. The molecule has 0 aliphatic carbocycles. The summed E-state index contributed by atoms with van der Waals surface area (Å²) < 4.78 is 19.4. The first-order chi connectivity index (χ1) is 12.0. The van der Waals surface area contributed by atoms with Crippen LogP contribution in [0.5, 0.6) is 5.75 Å². The van der Waals surface area contributed by atoms with E-state index in [2.05, 4.69) is 10.3 Å². The Morgan fingerprint density at radius 3 is 2.60 bits per heavy atom. The van der Waals surface area contributed by atoms with Gasteiger partial charge in [0.1, 0.15) is 28.1 Å². The molecule has 25 heavy (non-hydrogen) atoms. The third kappa shape index (κ3) is 4.22. The maximum atomic E-state index is 13.7. The third-order valence-corrected chi connectivity index (χ3v) is 4.68. The highest BCUT2D eigenvalue weighted by Crippen LogP contribution is 2.22. The Labute approximate surface area is 149 Å². The largest absolute Gasteiger partial charge is 0.486 e. The van der Waals surface area contributed by atoms with Crippen molar-refractivity contribution in [1.82, 2.24) is 4.98 Å². The van der Waals surface area contributed by atoms with E-state index in [1.165, 1.54) is 23.5 Å². The number of rotatable bonds is 5. The Hall–Kier alpha value is -2.73. The van der Waals surface area contributed by atoms with E-state index in [0.717, 1.165) is 11.3 Å². The number of halogens is 1. The minimum atomic E-state index is -0.471. The van der Waals surface area contributed by atoms with Crippen LogP contribution in [0.15, 0.2) is 48.5 Å². The van der Waals surface area contributed by atoms with Gasteiger partial charge in [-0.15, -0.1) is 11.3 Å². The number of aryl methyl sites for hydroxylation is 2. The Balaban J connectivity index is 1.68. The molecule has 4 nitrogen and oxygen atoms in total. The molecule has 0 atom stereocenters. The number of carbonyl (C=O) groups excluding carboxylic acids is 1. The Morgan fingerprint density at radius 2 is 1.88 bits per heavy atom. The molecule has 0 unspecified atom stereocenters. The number of hydrogen-bond acceptors (Lipinski definition) is 4. The van der Waals surface area contributed by atoms with Crippen molar-refractivity contribution < 1.29 is 13.9 Å². The van der Waals surface area contributed by atoms with E-state index in [-0.39, 0.29) is 18.2 Å². The molecule has 0 aliphatic heterocycles. The molecular weight excluding hydrogens is 339 g/mol. The fraction of sp³-hybridized carbons (Fsp3) is 0.158. The molecule has 1 aromatic heterocycles. The average molecular weight is 356 g/mol. The predicted octanol–water partition coefficient (Wildman–Crippen LogP) is 4.73. The number of carbonyl (C=O) groups is 1. The van der Waals surface area contributed by atoms with Crippen LogP contribution in [0.3, 0.4) is 0 Å². The van der Waals surface area contributed by atoms with Crippen molar-refractivity contribution in [2.75, 3.05) is 5.32 Å². The molecule has 3 rings (SSSR count). The van der Waals surface area contributed by atoms with Crippen molar-refractivity contribution >= 4 is 22.9 Å². The topological polar surface area (TPSA) is 51.2 Å². The van der Waals surface area contributed by atoms with Gasteiger partial charge >= 0.3 is 0 Å². The summed E-state index contributed by atoms with van der Waals surface area (Å²) in [6.45, 7) is 4.04. The molecular formula is C19H17FN2O2S. The van der Waals surface area contributed by atoms with E-state index in [1.807, 2.05) is 31.2 Å². The number of para-hydroxylation sites is 1. The monoisotopic (exact) mass is 356 g/mol. The highest BCUT2D eigenvalue weighted by atomic mass is 32.1. The van der Waals surface area contributed by atoms with Crippen molar-refractivity contribution in [3.8, 4) is 5.75 Å². The standard InChI is InChI=1S/C19H17FN2O2S/c1-12-7-9-14(10-8-12)24-11-17-21-13(2)18(25-17)19(23)22-16-6-4-3-5-15(16)20/h3-10H,11H2,1-2H3,(H,22,23). The summed E-state index contributed by atoms with van der Waals surface area (Å²) in [5.74, 6) is -0.0987. The van der Waals surface area contributed by atoms with E-state index in [0.29, 0.717) is 15.6 Å². The van der Waals surface area contributed by atoms with Crippen LogP contribution in [0.2, 0.25) is 0 Å². The molecule has 0 bridgehead atoms. The molecule has 0 saturated heterocycles. The molecule has 6 heteroatoms. The highest BCUT2D eigenvalue weighted by molar-refractivity contribution is 7.13. The zero-order valence-electron chi connectivity index (χ0n) is 13.9. The zero-order chi connectivity index (χ0) is 17.8. The van der Waals surface area contributed by atoms with Crippen LogP contribution < -0.4 is 10.1 Å². The summed E-state index contributed by atoms with van der Waals surface area (Å²) in [5.41, 5.74) is 1.91. The smallest absolute Gasteiger partial charge is 0.267 e. The maximum Gasteiger partial charge on any atom is 0.267 e. The minimum Gasteiger partial charge on any atom is -0.486 e. The Kier molecular flexibility index (Phi) is 5.09. The lowest BCUT2D eigenvalue weighted by molar-refractivity contribution is 0.102. The Bertz CT molecular complexity index is 891. The predicted molar refractivity (Wildman–Crippen MR) is 96.7 cm³/mol. The molecule has 2 aromatic carbocycles. The molecule has 1 heterocycles. The molecule has 0 saturated carbocycles. The third-order valence-electron chi connectivity index (χ3n) is 3.55. The van der Waals surface area contributed by atoms with Crippen molar-refractivity contribution in [1.29, 1.82) is 0 Å². The maximum absolute atomic E-state index is 13.7. The van der Waals surface area contributed by atoms with Gasteiger partial charge in [0.05, 0.1) is 11.4 Å². The van der Waals surface area contributed by atoms with E-state index in [9.17, 15) is 9.18 Å². The van der Waals surface area contributed by atoms with Crippen molar-refractivity contribution in [3.63, 3.8) is 0 Å². The van der Waals surface area contributed by atoms with Gasteiger partial charge in [0.25, 0.3) is 5.91 Å². The van der Waals surface area contributed by atoms with Crippen LogP contribution in [0, 0.1) is 19.7 Å². The van der Waals surface area contributed by atoms with Gasteiger partial charge in [0.15, 0.2) is 0 Å². The van der Waals surface area contributed by atoms with Crippen LogP contribution in [0.4, 0.5) is 10.1 Å². The lowest BCUT2D eigenvalue weighted by Crippen LogP contribution is -2.12. The van der Waals surface area contributed by atoms with Crippen LogP contribution in [0.1, 0.15) is 25.9 Å². The quantitative estimate of drug-likeness (QED) is 0.719. The normalized spacial score (nSPS) is 10.5. The summed E-state index contributed by atoms with van der Waals surface area (Å²) in [5, 5.41) is 3.27. The fourth-order valence-corrected chi connectivity index (χ4v) is 3.12. The van der Waals surface area contributed by atoms with Crippen LogP contribution >= 0.6 is 11.3 Å². The second-order valence-corrected chi connectivity index (χ2v) is 6.64. The summed E-state index contributed by atoms with van der Waals surface area (Å²) in [7, 11) is 0. The van der Waals surface area contributed by atoms with Crippen molar-refractivity contribution in [3.05, 3.63) is 75.5 Å². The Morgan fingerprint density at radius 1 is 1.16 bits per heavy atom. The lowest BCUT2D eigenvalue weighted by atomic mass is 10.2. The van der Waals surface area contributed by atoms with Gasteiger partial charge in [-0.1, -0.05) is 29.8 Å². The van der Waals surface area contributed by atoms with Crippen molar-refractivity contribution in [2.24, 2.45) is 0 Å². The second kappa shape index (κ2) is 7.44. The van der Waals surface area contributed by atoms with Gasteiger partial charge in [-0.05, 0) is 38.1 Å². The van der Waals surface area contributed by atoms with Gasteiger partial charge in [-0.2, -0.15) is 0 Å². The minimum absolute atomic E-state index is 0.151. The van der Waals surface area contributed by atoms with E-state index >= 15 is 0 Å². The number of ether oxygens (including phenoxy) is 1. The van der Waals surface area contributed by atoms with Crippen LogP contribution in [0.25, 0.3) is 0 Å². The van der Waals surface area contributed by atoms with E-state index in [1.54, 1.807) is 19.1 Å². The van der Waals surface area contributed by atoms with Crippen molar-refractivity contribution in [2.45, 2.75) is 20.5 Å². The molecule has 0 aliphatic rings. The number of aromatic nitrogens is 1. The van der Waals surface area contributed by atoms with Gasteiger partial charge in [0, 0.05) is 0 Å². The first kappa shape index (κ1) is 17.1. The number of hydrogen-bond donors (Lipinski definition) is 1. The number of nitrogens with one attached hydrogen (secondary N) is 1. The van der Waals surface area contributed by atoms with E-state index in [4.69, 9.17) is 4.74 Å². The van der Waals surface area contributed by atoms with Crippen LogP contribution in [-0.4, -0.2) is 10.9 Å². The lowest BCUT2D eigenvalue weighted by Gasteiger charge is -2.05. The molecule has 1 amide bonds. The molecule has 128 valence electrons. The summed E-state index contributed by atoms with van der Waals surface area (Å²) in [4.78, 5) is 17.2. The highest BCUT2D eigenvalue weighted by Gasteiger charge is 2.17. The summed E-state index contributed by atoms with van der Waals surface area (Å²) in [6.07, 6.45) is 0. The summed E-state index contributed by atoms with van der Waals surface area (Å²) >= 11 is 1.24. The number of anilines is 1. The summed E-state index contributed by atoms with van der Waals surface area (Å²) in [6, 6.07) is 13.8. The number of nitrogens with zero attached hydrogens (tertiary/aromatic N) is 1.